The third-order valence-electron chi connectivity index (χ3n) is 4.34. The molecule has 0 fully saturated rings. The Hall–Kier alpha value is -2.82. The van der Waals surface area contributed by atoms with Gasteiger partial charge in [-0.2, -0.15) is 0 Å². The first-order chi connectivity index (χ1) is 12.9. The van der Waals surface area contributed by atoms with Crippen LogP contribution >= 0.6 is 0 Å². The largest absolute Gasteiger partial charge is 0.495 e. The van der Waals surface area contributed by atoms with Crippen molar-refractivity contribution < 1.29 is 19.1 Å². The summed E-state index contributed by atoms with van der Waals surface area (Å²) in [5, 5.41) is 2.75. The van der Waals surface area contributed by atoms with Gasteiger partial charge in [0.2, 0.25) is 0 Å². The maximum atomic E-state index is 12.3. The molecule has 0 spiro atoms. The van der Waals surface area contributed by atoms with E-state index in [2.05, 4.69) is 24.4 Å². The molecule has 0 bridgehead atoms. The Bertz CT molecular complexity index is 783. The number of aryl methyl sites for hydroxylation is 3. The number of esters is 1. The number of carbonyl (C=O) groups excluding carboxylic acids is 2. The van der Waals surface area contributed by atoms with Crippen molar-refractivity contribution in [2.75, 3.05) is 12.4 Å². The highest BCUT2D eigenvalue weighted by molar-refractivity contribution is 5.96. The minimum absolute atomic E-state index is 0.233. The van der Waals surface area contributed by atoms with Gasteiger partial charge in [-0.1, -0.05) is 37.3 Å². The second kappa shape index (κ2) is 9.76. The van der Waals surface area contributed by atoms with E-state index in [1.54, 1.807) is 13.0 Å². The minimum atomic E-state index is -0.884. The fraction of sp³-hybridized carbons (Fsp3) is 0.364. The molecule has 0 saturated heterocycles. The molecule has 0 aromatic heterocycles. The van der Waals surface area contributed by atoms with Gasteiger partial charge in [0.15, 0.2) is 6.10 Å². The number of rotatable bonds is 8. The van der Waals surface area contributed by atoms with Crippen molar-refractivity contribution in [3.8, 4) is 5.75 Å². The topological polar surface area (TPSA) is 64.6 Å². The average molecular weight is 369 g/mol. The Morgan fingerprint density at radius 1 is 1.07 bits per heavy atom. The quantitative estimate of drug-likeness (QED) is 0.713. The molecule has 0 aliphatic carbocycles. The predicted octanol–water partition coefficient (Wildman–Crippen LogP) is 4.07. The van der Waals surface area contributed by atoms with Gasteiger partial charge in [-0.25, -0.2) is 0 Å². The summed E-state index contributed by atoms with van der Waals surface area (Å²) in [6.45, 7) is 5.59. The Labute approximate surface area is 160 Å². The highest BCUT2D eigenvalue weighted by Gasteiger charge is 2.19. The number of carbonyl (C=O) groups is 2. The number of nitrogens with one attached hydrogen (secondary N) is 1. The Kier molecular flexibility index (Phi) is 7.41. The summed E-state index contributed by atoms with van der Waals surface area (Å²) in [6.07, 6.45) is 0.922. The van der Waals surface area contributed by atoms with Crippen LogP contribution in [0.5, 0.6) is 5.75 Å². The predicted molar refractivity (Wildman–Crippen MR) is 106 cm³/mol. The number of hydrogen-bond acceptors (Lipinski definition) is 4. The van der Waals surface area contributed by atoms with E-state index in [1.165, 1.54) is 12.7 Å². The van der Waals surface area contributed by atoms with Gasteiger partial charge in [-0.05, 0) is 55.5 Å². The summed E-state index contributed by atoms with van der Waals surface area (Å²) in [5.74, 6) is -0.226. The monoisotopic (exact) mass is 369 g/mol. The van der Waals surface area contributed by atoms with Crippen LogP contribution in [-0.2, 0) is 27.2 Å². The number of hydrogen-bond donors (Lipinski definition) is 1. The van der Waals surface area contributed by atoms with Crippen LogP contribution in [0, 0.1) is 6.92 Å². The summed E-state index contributed by atoms with van der Waals surface area (Å²) in [4.78, 5) is 24.4. The van der Waals surface area contributed by atoms with Crippen LogP contribution in [0.15, 0.2) is 42.5 Å². The number of methoxy groups -OCH3 is 1. The van der Waals surface area contributed by atoms with Gasteiger partial charge in [-0.3, -0.25) is 9.59 Å². The number of ether oxygens (including phenoxy) is 2. The normalized spacial score (nSPS) is 11.6. The molecule has 0 aliphatic heterocycles. The fourth-order valence-corrected chi connectivity index (χ4v) is 2.65. The average Bonchev–Trinajstić information content (AvgIpc) is 2.67. The molecule has 5 nitrogen and oxygen atoms in total. The van der Waals surface area contributed by atoms with Crippen LogP contribution < -0.4 is 10.1 Å². The zero-order valence-electron chi connectivity index (χ0n) is 16.4. The standard InChI is InChI=1S/C22H27NO4/c1-5-17-7-9-18(10-8-17)11-13-21(24)27-16(3)22(25)23-19-14-15(2)6-12-20(19)26-4/h6-10,12,14,16H,5,11,13H2,1-4H3,(H,23,25)/t16-/m0/s1. The third-order valence-corrected chi connectivity index (χ3v) is 4.34. The Balaban J connectivity index is 1.86. The van der Waals surface area contributed by atoms with E-state index in [4.69, 9.17) is 9.47 Å². The minimum Gasteiger partial charge on any atom is -0.495 e. The molecule has 5 heteroatoms. The van der Waals surface area contributed by atoms with E-state index < -0.39 is 12.1 Å². The maximum Gasteiger partial charge on any atom is 0.306 e. The van der Waals surface area contributed by atoms with Crippen LogP contribution in [-0.4, -0.2) is 25.1 Å². The number of benzene rings is 2. The first-order valence-corrected chi connectivity index (χ1v) is 9.15. The molecule has 27 heavy (non-hydrogen) atoms. The van der Waals surface area contributed by atoms with Crippen molar-refractivity contribution in [3.05, 3.63) is 59.2 Å². The van der Waals surface area contributed by atoms with E-state index in [1.807, 2.05) is 31.2 Å². The van der Waals surface area contributed by atoms with Gasteiger partial charge in [0.1, 0.15) is 5.75 Å². The second-order valence-electron chi connectivity index (χ2n) is 6.50. The first-order valence-electron chi connectivity index (χ1n) is 9.15. The molecule has 0 unspecified atom stereocenters. The number of anilines is 1. The molecule has 2 aromatic rings. The lowest BCUT2D eigenvalue weighted by atomic mass is 10.1. The van der Waals surface area contributed by atoms with Crippen LogP contribution in [0.25, 0.3) is 0 Å². The molecule has 144 valence electrons. The van der Waals surface area contributed by atoms with Gasteiger partial charge >= 0.3 is 5.97 Å². The summed E-state index contributed by atoms with van der Waals surface area (Å²) in [5.41, 5.74) is 3.88. The maximum absolute atomic E-state index is 12.3. The van der Waals surface area contributed by atoms with Crippen molar-refractivity contribution >= 4 is 17.6 Å². The molecule has 0 aliphatic rings. The van der Waals surface area contributed by atoms with E-state index in [0.717, 1.165) is 17.5 Å². The van der Waals surface area contributed by atoms with Gasteiger partial charge in [0.05, 0.1) is 12.8 Å². The molecular formula is C22H27NO4. The second-order valence-corrected chi connectivity index (χ2v) is 6.50. The molecule has 1 amide bonds. The van der Waals surface area contributed by atoms with Crippen molar-refractivity contribution in [1.29, 1.82) is 0 Å². The molecule has 0 heterocycles. The first kappa shape index (κ1) is 20.5. The van der Waals surface area contributed by atoms with Crippen molar-refractivity contribution in [3.63, 3.8) is 0 Å². The molecule has 1 atom stereocenters. The van der Waals surface area contributed by atoms with E-state index in [9.17, 15) is 9.59 Å². The highest BCUT2D eigenvalue weighted by Crippen LogP contribution is 2.25. The highest BCUT2D eigenvalue weighted by atomic mass is 16.5. The molecule has 1 N–H and O–H groups in total. The van der Waals surface area contributed by atoms with E-state index >= 15 is 0 Å². The molecule has 0 saturated carbocycles. The van der Waals surface area contributed by atoms with E-state index in [0.29, 0.717) is 17.9 Å². The zero-order chi connectivity index (χ0) is 19.8. The van der Waals surface area contributed by atoms with Crippen molar-refractivity contribution in [2.45, 2.75) is 46.1 Å². The summed E-state index contributed by atoms with van der Waals surface area (Å²) >= 11 is 0. The molecule has 0 radical (unpaired) electrons. The summed E-state index contributed by atoms with van der Waals surface area (Å²) < 4.78 is 10.5. The lowest BCUT2D eigenvalue weighted by Gasteiger charge is -2.15. The lowest BCUT2D eigenvalue weighted by molar-refractivity contribution is -0.153. The SMILES string of the molecule is CCc1ccc(CCC(=O)O[C@@H](C)C(=O)Nc2cc(C)ccc2OC)cc1. The smallest absolute Gasteiger partial charge is 0.306 e. The van der Waals surface area contributed by atoms with E-state index in [-0.39, 0.29) is 12.3 Å². The number of amides is 1. The van der Waals surface area contributed by atoms with Gasteiger partial charge < -0.3 is 14.8 Å². The lowest BCUT2D eigenvalue weighted by Crippen LogP contribution is -2.30. The van der Waals surface area contributed by atoms with Gasteiger partial charge in [0, 0.05) is 6.42 Å². The zero-order valence-corrected chi connectivity index (χ0v) is 16.4. The van der Waals surface area contributed by atoms with Crippen LogP contribution in [0.4, 0.5) is 5.69 Å². The molecular weight excluding hydrogens is 342 g/mol. The Morgan fingerprint density at radius 3 is 2.37 bits per heavy atom. The third kappa shape index (κ3) is 6.13. The van der Waals surface area contributed by atoms with Crippen LogP contribution in [0.3, 0.4) is 0 Å². The molecule has 2 aromatic carbocycles. The fourth-order valence-electron chi connectivity index (χ4n) is 2.65. The van der Waals surface area contributed by atoms with Gasteiger partial charge in [0.25, 0.3) is 5.91 Å². The summed E-state index contributed by atoms with van der Waals surface area (Å²) in [7, 11) is 1.54. The Morgan fingerprint density at radius 2 is 1.74 bits per heavy atom. The van der Waals surface area contributed by atoms with Gasteiger partial charge in [-0.15, -0.1) is 0 Å². The van der Waals surface area contributed by atoms with Crippen LogP contribution in [0.2, 0.25) is 0 Å². The van der Waals surface area contributed by atoms with Crippen LogP contribution in [0.1, 0.15) is 37.0 Å². The van der Waals surface area contributed by atoms with Crippen molar-refractivity contribution in [1.82, 2.24) is 0 Å². The molecule has 2 rings (SSSR count). The summed E-state index contributed by atoms with van der Waals surface area (Å²) in [6, 6.07) is 13.7. The van der Waals surface area contributed by atoms with Crippen molar-refractivity contribution in [2.24, 2.45) is 0 Å².